The maximum Gasteiger partial charge on any atom is 0.234 e. The number of nitrogens with two attached hydrogens (primary N) is 1. The van der Waals surface area contributed by atoms with Gasteiger partial charge < -0.3 is 14.9 Å². The van der Waals surface area contributed by atoms with Crippen LogP contribution in [0.3, 0.4) is 0 Å². The predicted octanol–water partition coefficient (Wildman–Crippen LogP) is 2.60. The lowest BCUT2D eigenvalue weighted by Gasteiger charge is -2.02. The fraction of sp³-hybridized carbons (Fsp3) is 0.100. The molecule has 0 fully saturated rings. The van der Waals surface area contributed by atoms with Crippen molar-refractivity contribution in [1.82, 2.24) is 4.98 Å². The Labute approximate surface area is 95.2 Å². The molecule has 4 nitrogen and oxygen atoms in total. The van der Waals surface area contributed by atoms with Gasteiger partial charge >= 0.3 is 0 Å². The monoisotopic (exact) mass is 268 g/mol. The van der Waals surface area contributed by atoms with E-state index in [0.29, 0.717) is 11.7 Å². The molecule has 0 amide bonds. The Morgan fingerprint density at radius 1 is 1.47 bits per heavy atom. The van der Waals surface area contributed by atoms with Crippen molar-refractivity contribution in [2.24, 2.45) is 0 Å². The number of rotatable bonds is 3. The number of hydrogen-bond acceptors (Lipinski definition) is 4. The molecule has 0 unspecified atom stereocenters. The lowest BCUT2D eigenvalue weighted by molar-refractivity contribution is 0.263. The van der Waals surface area contributed by atoms with Crippen molar-refractivity contribution in [2.45, 2.75) is 6.61 Å². The van der Waals surface area contributed by atoms with Gasteiger partial charge in [0.05, 0.1) is 0 Å². The highest BCUT2D eigenvalue weighted by molar-refractivity contribution is 9.10. The van der Waals surface area contributed by atoms with Crippen LogP contribution in [-0.4, -0.2) is 4.98 Å². The van der Waals surface area contributed by atoms with Gasteiger partial charge in [0.15, 0.2) is 12.4 Å². The molecular weight excluding hydrogens is 260 g/mol. The van der Waals surface area contributed by atoms with Crippen LogP contribution in [0.1, 0.15) is 5.89 Å². The first-order chi connectivity index (χ1) is 7.24. The molecule has 2 aromatic rings. The molecule has 78 valence electrons. The zero-order valence-electron chi connectivity index (χ0n) is 7.81. The summed E-state index contributed by atoms with van der Waals surface area (Å²) in [6.07, 6.45) is 1.39. The minimum Gasteiger partial charge on any atom is -0.484 e. The number of hydrogen-bond donors (Lipinski definition) is 1. The highest BCUT2D eigenvalue weighted by Crippen LogP contribution is 2.18. The second kappa shape index (κ2) is 4.35. The number of benzene rings is 1. The summed E-state index contributed by atoms with van der Waals surface area (Å²) in [5.74, 6) is 1.58. The molecule has 0 radical (unpaired) electrons. The lowest BCUT2D eigenvalue weighted by Crippen LogP contribution is -1.96. The molecule has 0 saturated heterocycles. The third-order valence-electron chi connectivity index (χ3n) is 1.73. The van der Waals surface area contributed by atoms with Gasteiger partial charge in [-0.05, 0) is 18.2 Å². The average molecular weight is 269 g/mol. The maximum absolute atomic E-state index is 5.44. The van der Waals surface area contributed by atoms with E-state index in [9.17, 15) is 0 Å². The fourth-order valence-electron chi connectivity index (χ4n) is 1.09. The van der Waals surface area contributed by atoms with Crippen LogP contribution >= 0.6 is 15.9 Å². The van der Waals surface area contributed by atoms with Gasteiger partial charge in [0, 0.05) is 4.47 Å². The molecule has 1 heterocycles. The van der Waals surface area contributed by atoms with Gasteiger partial charge in [0.1, 0.15) is 12.0 Å². The number of nitrogens with zero attached hydrogens (tertiary/aromatic N) is 1. The van der Waals surface area contributed by atoms with Crippen molar-refractivity contribution < 1.29 is 9.15 Å². The summed E-state index contributed by atoms with van der Waals surface area (Å²) in [6.45, 7) is 0.271. The molecular formula is C10H9BrN2O2. The highest BCUT2D eigenvalue weighted by atomic mass is 79.9. The standard InChI is InChI=1S/C10H9BrN2O2/c11-7-2-1-3-8(4-7)14-6-10-13-9(12)5-15-10/h1-5H,6,12H2. The van der Waals surface area contributed by atoms with Crippen LogP contribution in [0.2, 0.25) is 0 Å². The second-order valence-corrected chi connectivity index (χ2v) is 3.83. The molecule has 0 bridgehead atoms. The maximum atomic E-state index is 5.44. The minimum absolute atomic E-state index is 0.271. The fourth-order valence-corrected chi connectivity index (χ4v) is 1.47. The second-order valence-electron chi connectivity index (χ2n) is 2.91. The van der Waals surface area contributed by atoms with Crippen LogP contribution in [-0.2, 0) is 6.61 Å². The van der Waals surface area contributed by atoms with Crippen LogP contribution in [0.4, 0.5) is 5.82 Å². The van der Waals surface area contributed by atoms with Crippen LogP contribution in [0, 0.1) is 0 Å². The normalized spacial score (nSPS) is 10.2. The van der Waals surface area contributed by atoms with Gasteiger partial charge in [-0.1, -0.05) is 22.0 Å². The largest absolute Gasteiger partial charge is 0.484 e. The summed E-state index contributed by atoms with van der Waals surface area (Å²) in [5.41, 5.74) is 5.40. The molecule has 0 aliphatic carbocycles. The Morgan fingerprint density at radius 3 is 3.00 bits per heavy atom. The first kappa shape index (κ1) is 10.0. The summed E-state index contributed by atoms with van der Waals surface area (Å²) in [5, 5.41) is 0. The molecule has 0 aliphatic rings. The number of oxazole rings is 1. The predicted molar refractivity (Wildman–Crippen MR) is 59.4 cm³/mol. The minimum atomic E-state index is 0.271. The van der Waals surface area contributed by atoms with E-state index < -0.39 is 0 Å². The average Bonchev–Trinajstić information content (AvgIpc) is 2.62. The third kappa shape index (κ3) is 2.73. The van der Waals surface area contributed by atoms with E-state index in [4.69, 9.17) is 14.9 Å². The zero-order chi connectivity index (χ0) is 10.7. The Morgan fingerprint density at radius 2 is 2.33 bits per heavy atom. The summed E-state index contributed by atoms with van der Waals surface area (Å²) in [4.78, 5) is 3.92. The Kier molecular flexibility index (Phi) is 2.91. The van der Waals surface area contributed by atoms with Crippen LogP contribution < -0.4 is 10.5 Å². The third-order valence-corrected chi connectivity index (χ3v) is 2.22. The van der Waals surface area contributed by atoms with Gasteiger partial charge in [-0.15, -0.1) is 0 Å². The van der Waals surface area contributed by atoms with E-state index in [2.05, 4.69) is 20.9 Å². The van der Waals surface area contributed by atoms with E-state index in [1.165, 1.54) is 6.26 Å². The molecule has 15 heavy (non-hydrogen) atoms. The topological polar surface area (TPSA) is 61.3 Å². The van der Waals surface area contributed by atoms with Crippen LogP contribution in [0.25, 0.3) is 0 Å². The van der Waals surface area contributed by atoms with Crippen molar-refractivity contribution in [2.75, 3.05) is 5.73 Å². The van der Waals surface area contributed by atoms with E-state index >= 15 is 0 Å². The summed E-state index contributed by atoms with van der Waals surface area (Å²) < 4.78 is 11.5. The van der Waals surface area contributed by atoms with Crippen molar-refractivity contribution in [3.8, 4) is 5.75 Å². The smallest absolute Gasteiger partial charge is 0.234 e. The van der Waals surface area contributed by atoms with Crippen molar-refractivity contribution in [3.63, 3.8) is 0 Å². The molecule has 0 aliphatic heterocycles. The molecule has 1 aromatic carbocycles. The molecule has 2 N–H and O–H groups in total. The van der Waals surface area contributed by atoms with E-state index in [1.54, 1.807) is 0 Å². The van der Waals surface area contributed by atoms with E-state index in [-0.39, 0.29) is 6.61 Å². The van der Waals surface area contributed by atoms with Gasteiger partial charge in [-0.25, -0.2) is 0 Å². The van der Waals surface area contributed by atoms with Crippen molar-refractivity contribution in [1.29, 1.82) is 0 Å². The van der Waals surface area contributed by atoms with Crippen molar-refractivity contribution in [3.05, 3.63) is 40.9 Å². The molecule has 5 heteroatoms. The quantitative estimate of drug-likeness (QED) is 0.930. The first-order valence-corrected chi connectivity index (χ1v) is 5.11. The number of anilines is 1. The summed E-state index contributed by atoms with van der Waals surface area (Å²) >= 11 is 3.35. The Bertz CT molecular complexity index is 456. The van der Waals surface area contributed by atoms with Crippen molar-refractivity contribution >= 4 is 21.7 Å². The van der Waals surface area contributed by atoms with Gasteiger partial charge in [-0.3, -0.25) is 0 Å². The number of nitrogen functional groups attached to an aromatic ring is 1. The van der Waals surface area contributed by atoms with Gasteiger partial charge in [-0.2, -0.15) is 4.98 Å². The van der Waals surface area contributed by atoms with Crippen LogP contribution in [0.5, 0.6) is 5.75 Å². The number of ether oxygens (including phenoxy) is 1. The molecule has 0 atom stereocenters. The number of aromatic nitrogens is 1. The summed E-state index contributed by atoms with van der Waals surface area (Å²) in [7, 11) is 0. The molecule has 0 spiro atoms. The zero-order valence-corrected chi connectivity index (χ0v) is 9.40. The van der Waals surface area contributed by atoms with E-state index in [0.717, 1.165) is 10.2 Å². The first-order valence-electron chi connectivity index (χ1n) is 4.32. The van der Waals surface area contributed by atoms with E-state index in [1.807, 2.05) is 24.3 Å². The highest BCUT2D eigenvalue weighted by Gasteiger charge is 2.02. The Balaban J connectivity index is 1.99. The SMILES string of the molecule is Nc1coc(COc2cccc(Br)c2)n1. The van der Waals surface area contributed by atoms with Gasteiger partial charge in [0.25, 0.3) is 0 Å². The lowest BCUT2D eigenvalue weighted by atomic mass is 10.3. The summed E-state index contributed by atoms with van der Waals surface area (Å²) in [6, 6.07) is 7.54. The molecule has 0 saturated carbocycles. The number of halogens is 1. The Hall–Kier alpha value is -1.49. The van der Waals surface area contributed by atoms with Gasteiger partial charge in [0.2, 0.25) is 5.89 Å². The van der Waals surface area contributed by atoms with Crippen LogP contribution in [0.15, 0.2) is 39.4 Å². The molecule has 1 aromatic heterocycles. The molecule has 2 rings (SSSR count).